The van der Waals surface area contributed by atoms with Gasteiger partial charge in [0.15, 0.2) is 0 Å². The zero-order chi connectivity index (χ0) is 15.6. The van der Waals surface area contributed by atoms with E-state index in [1.165, 1.54) is 22.3 Å². The fourth-order valence-corrected chi connectivity index (χ4v) is 3.10. The molecule has 0 bridgehead atoms. The van der Waals surface area contributed by atoms with Crippen LogP contribution in [0.2, 0.25) is 0 Å². The molecule has 0 fully saturated rings. The van der Waals surface area contributed by atoms with Gasteiger partial charge in [-0.2, -0.15) is 0 Å². The van der Waals surface area contributed by atoms with Gasteiger partial charge in [0.25, 0.3) is 0 Å². The Bertz CT molecular complexity index is 831. The molecular formula is C19H17N3. The summed E-state index contributed by atoms with van der Waals surface area (Å²) in [5.41, 5.74) is 14.6. The molecule has 1 aliphatic rings. The highest BCUT2D eigenvalue weighted by Crippen LogP contribution is 2.48. The molecule has 0 unspecified atom stereocenters. The second kappa shape index (κ2) is 5.60. The lowest BCUT2D eigenvalue weighted by molar-refractivity contribution is 0.660. The molecule has 2 aromatic carbocycles. The summed E-state index contributed by atoms with van der Waals surface area (Å²) in [6, 6.07) is 15.0. The third-order valence-corrected chi connectivity index (χ3v) is 4.22. The first-order valence-corrected chi connectivity index (χ1v) is 7.39. The summed E-state index contributed by atoms with van der Waals surface area (Å²) in [6.07, 6.45) is 0.588. The Morgan fingerprint density at radius 2 is 1.86 bits per heavy atom. The van der Waals surface area contributed by atoms with Crippen LogP contribution in [0.15, 0.2) is 47.6 Å². The number of fused-ring (bicyclic) bond motifs is 3. The van der Waals surface area contributed by atoms with E-state index in [1.807, 2.05) is 0 Å². The van der Waals surface area contributed by atoms with Gasteiger partial charge < -0.3 is 0 Å². The van der Waals surface area contributed by atoms with Gasteiger partial charge in [0.2, 0.25) is 0 Å². The standard InChI is InChI=1S/C19H17N3/c1-19(2)17-9-4-3-8-15(17)16-11-10-14(13-18(16)19)7-5-6-12-21-22-20/h3-4,8-11,13H,6,12H2,1-2H3. The Balaban J connectivity index is 1.96. The minimum Gasteiger partial charge on any atom is -0.0978 e. The summed E-state index contributed by atoms with van der Waals surface area (Å²) >= 11 is 0. The van der Waals surface area contributed by atoms with Crippen molar-refractivity contribution in [2.24, 2.45) is 5.11 Å². The third kappa shape index (κ3) is 2.35. The normalized spacial score (nSPS) is 13.4. The van der Waals surface area contributed by atoms with E-state index in [0.717, 1.165) is 5.56 Å². The highest BCUT2D eigenvalue weighted by molar-refractivity contribution is 5.81. The van der Waals surface area contributed by atoms with Crippen molar-refractivity contribution in [1.29, 1.82) is 0 Å². The predicted octanol–water partition coefficient (Wildman–Crippen LogP) is 5.04. The van der Waals surface area contributed by atoms with Crippen LogP contribution in [0.5, 0.6) is 0 Å². The van der Waals surface area contributed by atoms with Gasteiger partial charge in [-0.05, 0) is 39.9 Å². The Morgan fingerprint density at radius 1 is 1.09 bits per heavy atom. The van der Waals surface area contributed by atoms with Crippen LogP contribution in [-0.2, 0) is 5.41 Å². The quantitative estimate of drug-likeness (QED) is 0.244. The molecule has 0 saturated heterocycles. The number of rotatable bonds is 2. The van der Waals surface area contributed by atoms with Gasteiger partial charge in [-0.3, -0.25) is 0 Å². The van der Waals surface area contributed by atoms with Crippen molar-refractivity contribution in [1.82, 2.24) is 0 Å². The van der Waals surface area contributed by atoms with E-state index in [-0.39, 0.29) is 5.41 Å². The van der Waals surface area contributed by atoms with Crippen LogP contribution in [-0.4, -0.2) is 6.54 Å². The molecule has 0 N–H and O–H groups in total. The molecule has 0 radical (unpaired) electrons. The van der Waals surface area contributed by atoms with E-state index < -0.39 is 0 Å². The van der Waals surface area contributed by atoms with Crippen molar-refractivity contribution in [3.05, 3.63) is 69.6 Å². The van der Waals surface area contributed by atoms with Crippen molar-refractivity contribution in [2.75, 3.05) is 6.54 Å². The van der Waals surface area contributed by atoms with Crippen LogP contribution >= 0.6 is 0 Å². The maximum Gasteiger partial charge on any atom is 0.0367 e. The first kappa shape index (κ1) is 14.3. The first-order chi connectivity index (χ1) is 10.6. The molecule has 0 amide bonds. The number of nitrogens with zero attached hydrogens (tertiary/aromatic N) is 3. The summed E-state index contributed by atoms with van der Waals surface area (Å²) in [7, 11) is 0. The van der Waals surface area contributed by atoms with Crippen LogP contribution in [0, 0.1) is 11.8 Å². The molecule has 0 saturated carbocycles. The summed E-state index contributed by atoms with van der Waals surface area (Å²) in [5.74, 6) is 6.23. The van der Waals surface area contributed by atoms with Crippen molar-refractivity contribution < 1.29 is 0 Å². The van der Waals surface area contributed by atoms with Gasteiger partial charge in [0, 0.05) is 28.9 Å². The molecule has 3 heteroatoms. The second-order valence-corrected chi connectivity index (χ2v) is 5.94. The number of hydrogen-bond acceptors (Lipinski definition) is 1. The van der Waals surface area contributed by atoms with Crippen LogP contribution in [0.25, 0.3) is 21.6 Å². The topological polar surface area (TPSA) is 48.8 Å². The largest absolute Gasteiger partial charge is 0.0978 e. The Kier molecular flexibility index (Phi) is 3.63. The predicted molar refractivity (Wildman–Crippen MR) is 89.5 cm³/mol. The zero-order valence-electron chi connectivity index (χ0n) is 12.8. The molecule has 0 spiro atoms. The van der Waals surface area contributed by atoms with Crippen LogP contribution in [0.3, 0.4) is 0 Å². The fraction of sp³-hybridized carbons (Fsp3) is 0.263. The number of azide groups is 1. The zero-order valence-corrected chi connectivity index (χ0v) is 12.8. The Morgan fingerprint density at radius 3 is 2.68 bits per heavy atom. The van der Waals surface area contributed by atoms with Gasteiger partial charge in [0.1, 0.15) is 0 Å². The van der Waals surface area contributed by atoms with E-state index in [1.54, 1.807) is 0 Å². The minimum atomic E-state index is 0.00865. The summed E-state index contributed by atoms with van der Waals surface area (Å²) < 4.78 is 0. The van der Waals surface area contributed by atoms with Crippen molar-refractivity contribution in [3.8, 4) is 23.0 Å². The van der Waals surface area contributed by atoms with Crippen molar-refractivity contribution >= 4 is 0 Å². The van der Waals surface area contributed by atoms with Crippen molar-refractivity contribution in [3.63, 3.8) is 0 Å². The number of hydrogen-bond donors (Lipinski definition) is 0. The molecule has 0 aromatic heterocycles. The molecule has 2 aromatic rings. The van der Waals surface area contributed by atoms with E-state index >= 15 is 0 Å². The number of benzene rings is 2. The monoisotopic (exact) mass is 287 g/mol. The van der Waals surface area contributed by atoms with E-state index in [9.17, 15) is 0 Å². The highest BCUT2D eigenvalue weighted by Gasteiger charge is 2.34. The average Bonchev–Trinajstić information content (AvgIpc) is 2.76. The van der Waals surface area contributed by atoms with E-state index in [2.05, 4.69) is 78.2 Å². The molecule has 3 nitrogen and oxygen atoms in total. The highest BCUT2D eigenvalue weighted by atomic mass is 15.1. The van der Waals surface area contributed by atoms with Crippen LogP contribution in [0.1, 0.15) is 37.0 Å². The molecule has 1 aliphatic carbocycles. The molecule has 0 heterocycles. The first-order valence-electron chi connectivity index (χ1n) is 7.39. The summed E-state index contributed by atoms with van der Waals surface area (Å²) in [6.45, 7) is 4.94. The molecular weight excluding hydrogens is 270 g/mol. The maximum atomic E-state index is 8.24. The van der Waals surface area contributed by atoms with Crippen molar-refractivity contribution in [2.45, 2.75) is 25.7 Å². The van der Waals surface area contributed by atoms with Gasteiger partial charge in [-0.1, -0.05) is 61.1 Å². The minimum absolute atomic E-state index is 0.00865. The van der Waals surface area contributed by atoms with Gasteiger partial charge in [-0.15, -0.1) is 0 Å². The molecule has 22 heavy (non-hydrogen) atoms. The Hall–Kier alpha value is -2.69. The third-order valence-electron chi connectivity index (χ3n) is 4.22. The molecule has 0 atom stereocenters. The Labute approximate surface area is 130 Å². The van der Waals surface area contributed by atoms with E-state index in [0.29, 0.717) is 13.0 Å². The summed E-state index contributed by atoms with van der Waals surface area (Å²) in [4.78, 5) is 2.73. The molecule has 3 rings (SSSR count). The van der Waals surface area contributed by atoms with Crippen LogP contribution < -0.4 is 0 Å². The maximum absolute atomic E-state index is 8.24. The van der Waals surface area contributed by atoms with Gasteiger partial charge >= 0.3 is 0 Å². The molecule has 108 valence electrons. The molecule has 0 aliphatic heterocycles. The lowest BCUT2D eigenvalue weighted by atomic mass is 9.82. The van der Waals surface area contributed by atoms with Crippen LogP contribution in [0.4, 0.5) is 0 Å². The SMILES string of the molecule is CC1(C)c2ccccc2-c2ccc(C#CCCN=[N+]=[N-])cc21. The average molecular weight is 287 g/mol. The second-order valence-electron chi connectivity index (χ2n) is 5.94. The fourth-order valence-electron chi connectivity index (χ4n) is 3.10. The lowest BCUT2D eigenvalue weighted by Crippen LogP contribution is -2.14. The van der Waals surface area contributed by atoms with E-state index in [4.69, 9.17) is 5.53 Å². The lowest BCUT2D eigenvalue weighted by Gasteiger charge is -2.21. The summed E-state index contributed by atoms with van der Waals surface area (Å²) in [5, 5.41) is 3.49. The van der Waals surface area contributed by atoms with Gasteiger partial charge in [-0.25, -0.2) is 0 Å². The smallest absolute Gasteiger partial charge is 0.0367 e. The van der Waals surface area contributed by atoms with Gasteiger partial charge in [0.05, 0.1) is 0 Å².